The summed E-state index contributed by atoms with van der Waals surface area (Å²) < 4.78 is 10.9. The zero-order chi connectivity index (χ0) is 13.7. The molecule has 19 heavy (non-hydrogen) atoms. The van der Waals surface area contributed by atoms with Crippen molar-refractivity contribution in [2.45, 2.75) is 13.3 Å². The molecule has 0 saturated heterocycles. The van der Waals surface area contributed by atoms with Crippen LogP contribution in [0, 0.1) is 0 Å². The Balaban J connectivity index is 2.11. The molecule has 1 heterocycles. The van der Waals surface area contributed by atoms with Gasteiger partial charge in [0.2, 0.25) is 5.88 Å². The second-order valence-electron chi connectivity index (χ2n) is 3.87. The van der Waals surface area contributed by atoms with E-state index in [1.54, 1.807) is 24.3 Å². The van der Waals surface area contributed by atoms with Gasteiger partial charge in [-0.25, -0.2) is 4.98 Å². The number of ether oxygens (including phenoxy) is 2. The van der Waals surface area contributed by atoms with Crippen LogP contribution in [-0.2, 0) is 0 Å². The lowest BCUT2D eigenvalue weighted by atomic mass is 10.3. The maximum Gasteiger partial charge on any atom is 0.277 e. The van der Waals surface area contributed by atoms with Gasteiger partial charge in [-0.3, -0.25) is 4.79 Å². The standard InChI is InChI=1S/C13H15N3O3/c1-2-7-18-9-3-5-10(6-4-9)19-13-11(14)12(17)15-8-16-13/h3-6,8H,2,7,14H2,1H3,(H,15,16,17). The van der Waals surface area contributed by atoms with Crippen LogP contribution in [0.25, 0.3) is 0 Å². The summed E-state index contributed by atoms with van der Waals surface area (Å²) in [5, 5.41) is 0. The van der Waals surface area contributed by atoms with Crippen LogP contribution in [0.3, 0.4) is 0 Å². The lowest BCUT2D eigenvalue weighted by Crippen LogP contribution is -2.13. The minimum atomic E-state index is -0.423. The fourth-order valence-corrected chi connectivity index (χ4v) is 1.41. The van der Waals surface area contributed by atoms with Crippen molar-refractivity contribution in [3.05, 3.63) is 40.9 Å². The van der Waals surface area contributed by atoms with E-state index < -0.39 is 5.56 Å². The molecule has 6 nitrogen and oxygen atoms in total. The van der Waals surface area contributed by atoms with Gasteiger partial charge in [0.1, 0.15) is 11.5 Å². The molecule has 0 unspecified atom stereocenters. The van der Waals surface area contributed by atoms with Crippen LogP contribution in [0.4, 0.5) is 5.69 Å². The van der Waals surface area contributed by atoms with Gasteiger partial charge >= 0.3 is 0 Å². The van der Waals surface area contributed by atoms with Gasteiger partial charge in [-0.1, -0.05) is 6.92 Å². The summed E-state index contributed by atoms with van der Waals surface area (Å²) in [7, 11) is 0. The third-order valence-electron chi connectivity index (χ3n) is 2.36. The number of hydrogen-bond acceptors (Lipinski definition) is 5. The van der Waals surface area contributed by atoms with E-state index in [1.165, 1.54) is 6.33 Å². The molecule has 0 radical (unpaired) electrons. The van der Waals surface area contributed by atoms with Crippen LogP contribution in [-0.4, -0.2) is 16.6 Å². The Labute approximate surface area is 110 Å². The van der Waals surface area contributed by atoms with E-state index in [0.29, 0.717) is 12.4 Å². The molecule has 0 spiro atoms. The number of rotatable bonds is 5. The predicted molar refractivity (Wildman–Crippen MR) is 71.6 cm³/mol. The molecule has 0 aliphatic heterocycles. The third-order valence-corrected chi connectivity index (χ3v) is 2.36. The number of aromatic amines is 1. The molecule has 0 bridgehead atoms. The Hall–Kier alpha value is -2.50. The number of nitrogens with one attached hydrogen (secondary N) is 1. The summed E-state index contributed by atoms with van der Waals surface area (Å²) in [6.07, 6.45) is 2.19. The summed E-state index contributed by atoms with van der Waals surface area (Å²) in [5.41, 5.74) is 5.10. The molecule has 0 atom stereocenters. The van der Waals surface area contributed by atoms with Gasteiger partial charge in [0.15, 0.2) is 5.69 Å². The van der Waals surface area contributed by atoms with Gasteiger partial charge in [0.25, 0.3) is 5.56 Å². The van der Waals surface area contributed by atoms with Crippen LogP contribution in [0.2, 0.25) is 0 Å². The van der Waals surface area contributed by atoms with E-state index in [4.69, 9.17) is 15.2 Å². The second-order valence-corrected chi connectivity index (χ2v) is 3.87. The number of anilines is 1. The van der Waals surface area contributed by atoms with Crippen molar-refractivity contribution in [1.82, 2.24) is 9.97 Å². The second kappa shape index (κ2) is 5.90. The lowest BCUT2D eigenvalue weighted by Gasteiger charge is -2.08. The molecule has 0 saturated carbocycles. The van der Waals surface area contributed by atoms with Crippen molar-refractivity contribution in [3.63, 3.8) is 0 Å². The van der Waals surface area contributed by atoms with Gasteiger partial charge in [0.05, 0.1) is 12.9 Å². The number of benzene rings is 1. The molecule has 100 valence electrons. The normalized spacial score (nSPS) is 10.2. The van der Waals surface area contributed by atoms with Gasteiger partial charge in [0, 0.05) is 0 Å². The Kier molecular flexibility index (Phi) is 4.02. The Bertz CT molecular complexity index is 593. The quantitative estimate of drug-likeness (QED) is 0.858. The zero-order valence-corrected chi connectivity index (χ0v) is 10.6. The Morgan fingerprint density at radius 3 is 2.63 bits per heavy atom. The maximum atomic E-state index is 11.3. The number of nitrogen functional groups attached to an aromatic ring is 1. The Morgan fingerprint density at radius 2 is 1.95 bits per heavy atom. The molecule has 3 N–H and O–H groups in total. The number of H-pyrrole nitrogens is 1. The largest absolute Gasteiger partial charge is 0.494 e. The molecule has 0 fully saturated rings. The van der Waals surface area contributed by atoms with E-state index >= 15 is 0 Å². The number of nitrogens with zero attached hydrogens (tertiary/aromatic N) is 1. The van der Waals surface area contributed by atoms with Gasteiger partial charge in [-0.05, 0) is 30.7 Å². The summed E-state index contributed by atoms with van der Waals surface area (Å²) in [6, 6.07) is 7.03. The Morgan fingerprint density at radius 1 is 1.26 bits per heavy atom. The number of hydrogen-bond donors (Lipinski definition) is 2. The van der Waals surface area contributed by atoms with E-state index in [0.717, 1.165) is 12.2 Å². The van der Waals surface area contributed by atoms with Crippen LogP contribution in [0.5, 0.6) is 17.4 Å². The first-order chi connectivity index (χ1) is 9.20. The smallest absolute Gasteiger partial charge is 0.277 e. The molecule has 6 heteroatoms. The van der Waals surface area contributed by atoms with E-state index in [9.17, 15) is 4.79 Å². The highest BCUT2D eigenvalue weighted by molar-refractivity contribution is 5.47. The van der Waals surface area contributed by atoms with E-state index in [1.807, 2.05) is 6.92 Å². The summed E-state index contributed by atoms with van der Waals surface area (Å²) in [5.74, 6) is 1.39. The number of nitrogens with two attached hydrogens (primary N) is 1. The van der Waals surface area contributed by atoms with Gasteiger partial charge in [-0.15, -0.1) is 0 Å². The molecule has 2 aromatic rings. The summed E-state index contributed by atoms with van der Waals surface area (Å²) in [4.78, 5) is 17.5. The number of aromatic nitrogens is 2. The summed E-state index contributed by atoms with van der Waals surface area (Å²) >= 11 is 0. The van der Waals surface area contributed by atoms with Crippen molar-refractivity contribution in [2.75, 3.05) is 12.3 Å². The minimum absolute atomic E-state index is 0.0474. The van der Waals surface area contributed by atoms with Gasteiger partial charge < -0.3 is 20.2 Å². The maximum absolute atomic E-state index is 11.3. The molecule has 1 aromatic heterocycles. The highest BCUT2D eigenvalue weighted by Gasteiger charge is 2.07. The SMILES string of the molecule is CCCOc1ccc(Oc2nc[nH]c(=O)c2N)cc1. The monoisotopic (exact) mass is 261 g/mol. The molecule has 0 amide bonds. The first kappa shape index (κ1) is 12.9. The first-order valence-corrected chi connectivity index (χ1v) is 5.94. The molecule has 1 aromatic carbocycles. The topological polar surface area (TPSA) is 90.2 Å². The molecular formula is C13H15N3O3. The van der Waals surface area contributed by atoms with Crippen LogP contribution >= 0.6 is 0 Å². The molecular weight excluding hydrogens is 246 g/mol. The van der Waals surface area contributed by atoms with Crippen LogP contribution in [0.15, 0.2) is 35.4 Å². The van der Waals surface area contributed by atoms with Gasteiger partial charge in [-0.2, -0.15) is 0 Å². The highest BCUT2D eigenvalue weighted by Crippen LogP contribution is 2.24. The third kappa shape index (κ3) is 3.25. The fourth-order valence-electron chi connectivity index (χ4n) is 1.41. The van der Waals surface area contributed by atoms with Crippen LogP contribution in [0.1, 0.15) is 13.3 Å². The van der Waals surface area contributed by atoms with Crippen molar-refractivity contribution in [1.29, 1.82) is 0 Å². The highest BCUT2D eigenvalue weighted by atomic mass is 16.5. The molecule has 0 aliphatic carbocycles. The van der Waals surface area contributed by atoms with Crippen molar-refractivity contribution in [2.24, 2.45) is 0 Å². The fraction of sp³-hybridized carbons (Fsp3) is 0.231. The van der Waals surface area contributed by atoms with Crippen molar-refractivity contribution < 1.29 is 9.47 Å². The lowest BCUT2D eigenvalue weighted by molar-refractivity contribution is 0.317. The van der Waals surface area contributed by atoms with Crippen LogP contribution < -0.4 is 20.8 Å². The molecule has 0 aliphatic rings. The van der Waals surface area contributed by atoms with E-state index in [-0.39, 0.29) is 11.6 Å². The average Bonchev–Trinajstić information content (AvgIpc) is 2.43. The first-order valence-electron chi connectivity index (χ1n) is 5.94. The minimum Gasteiger partial charge on any atom is -0.494 e. The summed E-state index contributed by atoms with van der Waals surface area (Å²) in [6.45, 7) is 2.71. The van der Waals surface area contributed by atoms with E-state index in [2.05, 4.69) is 9.97 Å². The molecule has 2 rings (SSSR count). The average molecular weight is 261 g/mol. The zero-order valence-electron chi connectivity index (χ0n) is 10.6. The predicted octanol–water partition coefficient (Wildman–Crippen LogP) is 1.93. The van der Waals surface area contributed by atoms with Crippen molar-refractivity contribution in [3.8, 4) is 17.4 Å². The van der Waals surface area contributed by atoms with Crippen molar-refractivity contribution >= 4 is 5.69 Å².